The van der Waals surface area contributed by atoms with Gasteiger partial charge in [0.25, 0.3) is 0 Å². The third-order valence-electron chi connectivity index (χ3n) is 6.71. The monoisotopic (exact) mass is 375 g/mol. The van der Waals surface area contributed by atoms with Crippen LogP contribution in [-0.4, -0.2) is 13.6 Å². The fourth-order valence-corrected chi connectivity index (χ4v) is 4.60. The highest BCUT2D eigenvalue weighted by molar-refractivity contribution is 5.38. The van der Waals surface area contributed by atoms with Gasteiger partial charge in [-0.25, -0.2) is 0 Å². The third-order valence-corrected chi connectivity index (χ3v) is 6.71. The highest BCUT2D eigenvalue weighted by Crippen LogP contribution is 2.44. The molecule has 0 saturated heterocycles. The Morgan fingerprint density at radius 2 is 1.22 bits per heavy atom. The Hall–Kier alpha value is -0.560. The van der Waals surface area contributed by atoms with Crippen LogP contribution in [0.1, 0.15) is 124 Å². The largest absolute Gasteiger partial charge is 0.320 e. The second kappa shape index (κ2) is 14.4. The van der Waals surface area contributed by atoms with E-state index in [2.05, 4.69) is 32.7 Å². The van der Waals surface area contributed by atoms with Crippen molar-refractivity contribution in [1.82, 2.24) is 5.32 Å². The lowest BCUT2D eigenvalue weighted by Crippen LogP contribution is -2.21. The first-order valence-corrected chi connectivity index (χ1v) is 12.0. The minimum Gasteiger partial charge on any atom is -0.320 e. The minimum absolute atomic E-state index is 0.401. The summed E-state index contributed by atoms with van der Waals surface area (Å²) in [7, 11) is 2.05. The molecule has 1 heteroatoms. The van der Waals surface area contributed by atoms with Crippen molar-refractivity contribution in [3.05, 3.63) is 23.3 Å². The predicted octanol–water partition coefficient (Wildman–Crippen LogP) is 8.36. The maximum atomic E-state index is 4.27. The van der Waals surface area contributed by atoms with E-state index in [1.165, 1.54) is 120 Å². The highest BCUT2D eigenvalue weighted by Gasteiger charge is 2.29. The first kappa shape index (κ1) is 24.5. The molecule has 0 radical (unpaired) electrons. The van der Waals surface area contributed by atoms with Gasteiger partial charge < -0.3 is 5.32 Å². The fourth-order valence-electron chi connectivity index (χ4n) is 4.60. The van der Waals surface area contributed by atoms with Gasteiger partial charge in [-0.05, 0) is 63.6 Å². The first-order valence-electron chi connectivity index (χ1n) is 12.0. The zero-order valence-corrected chi connectivity index (χ0v) is 19.2. The van der Waals surface area contributed by atoms with Gasteiger partial charge in [-0.15, -0.1) is 0 Å². The van der Waals surface area contributed by atoms with Crippen molar-refractivity contribution in [2.24, 2.45) is 5.41 Å². The zero-order chi connectivity index (χ0) is 20.0. The molecular formula is C26H49N. The molecule has 0 heterocycles. The van der Waals surface area contributed by atoms with Crippen molar-refractivity contribution in [3.63, 3.8) is 0 Å². The van der Waals surface area contributed by atoms with Crippen LogP contribution < -0.4 is 5.32 Å². The van der Waals surface area contributed by atoms with Crippen LogP contribution in [0.5, 0.6) is 0 Å². The number of hydrogen-bond donors (Lipinski definition) is 1. The average Bonchev–Trinajstić information content (AvgIpc) is 2.64. The van der Waals surface area contributed by atoms with E-state index < -0.39 is 0 Å². The minimum atomic E-state index is 0.401. The van der Waals surface area contributed by atoms with E-state index in [0.29, 0.717) is 5.41 Å². The van der Waals surface area contributed by atoms with Gasteiger partial charge in [-0.2, -0.15) is 0 Å². The van der Waals surface area contributed by atoms with E-state index in [0.717, 1.165) is 0 Å². The normalized spacial score (nSPS) is 17.0. The zero-order valence-electron chi connectivity index (χ0n) is 19.2. The van der Waals surface area contributed by atoms with Crippen LogP contribution in [-0.2, 0) is 0 Å². The van der Waals surface area contributed by atoms with E-state index in [4.69, 9.17) is 0 Å². The molecule has 1 rings (SSSR count). The van der Waals surface area contributed by atoms with Gasteiger partial charge in [0.15, 0.2) is 0 Å². The Bertz CT molecular complexity index is 429. The number of unbranched alkanes of at least 4 members (excludes halogenated alkanes) is 12. The second-order valence-corrected chi connectivity index (χ2v) is 9.54. The third kappa shape index (κ3) is 10.5. The summed E-state index contributed by atoms with van der Waals surface area (Å²) in [6, 6.07) is 0. The molecule has 1 nitrogen and oxygen atoms in total. The molecule has 27 heavy (non-hydrogen) atoms. The summed E-state index contributed by atoms with van der Waals surface area (Å²) in [4.78, 5) is 0. The van der Waals surface area contributed by atoms with Crippen molar-refractivity contribution in [2.75, 3.05) is 13.6 Å². The molecule has 0 aliphatic heterocycles. The van der Waals surface area contributed by atoms with Crippen LogP contribution in [0.3, 0.4) is 0 Å². The second-order valence-electron chi connectivity index (χ2n) is 9.54. The smallest absolute Gasteiger partial charge is 0.00519 e. The molecular weight excluding hydrogens is 326 g/mol. The lowest BCUT2D eigenvalue weighted by atomic mass is 9.70. The van der Waals surface area contributed by atoms with Gasteiger partial charge in [0, 0.05) is 0 Å². The maximum absolute atomic E-state index is 4.27. The molecule has 0 bridgehead atoms. The highest BCUT2D eigenvalue weighted by atomic mass is 14.8. The molecule has 0 fully saturated rings. The molecule has 0 amide bonds. The van der Waals surface area contributed by atoms with E-state index in [1.807, 2.05) is 7.05 Å². The molecule has 0 unspecified atom stereocenters. The van der Waals surface area contributed by atoms with Crippen molar-refractivity contribution in [2.45, 2.75) is 124 Å². The van der Waals surface area contributed by atoms with E-state index >= 15 is 0 Å². The standard InChI is InChI=1S/C26H49N/c1-23-20-21-26(3,4)25(24(23)2)19-17-15-13-11-9-7-6-8-10-12-14-16-18-22-27-5/h27H,1,6-22H2,2-5H3. The number of hydrogen-bond acceptors (Lipinski definition) is 1. The van der Waals surface area contributed by atoms with Crippen molar-refractivity contribution < 1.29 is 0 Å². The maximum Gasteiger partial charge on any atom is -0.00519 e. The number of allylic oxidation sites excluding steroid dienone is 3. The Balaban J connectivity index is 1.93. The molecule has 1 aliphatic carbocycles. The molecule has 0 spiro atoms. The van der Waals surface area contributed by atoms with Gasteiger partial charge in [-0.3, -0.25) is 0 Å². The van der Waals surface area contributed by atoms with Gasteiger partial charge in [0.05, 0.1) is 0 Å². The summed E-state index contributed by atoms with van der Waals surface area (Å²) >= 11 is 0. The Morgan fingerprint density at radius 1 is 0.778 bits per heavy atom. The van der Waals surface area contributed by atoms with E-state index in [-0.39, 0.29) is 0 Å². The molecule has 158 valence electrons. The molecule has 0 aromatic heterocycles. The van der Waals surface area contributed by atoms with Crippen LogP contribution in [0, 0.1) is 5.41 Å². The topological polar surface area (TPSA) is 12.0 Å². The van der Waals surface area contributed by atoms with Crippen molar-refractivity contribution in [1.29, 1.82) is 0 Å². The molecule has 0 atom stereocenters. The predicted molar refractivity (Wildman–Crippen MR) is 123 cm³/mol. The van der Waals surface area contributed by atoms with Crippen molar-refractivity contribution >= 4 is 0 Å². The van der Waals surface area contributed by atoms with Gasteiger partial charge >= 0.3 is 0 Å². The van der Waals surface area contributed by atoms with Crippen LogP contribution in [0.2, 0.25) is 0 Å². The van der Waals surface area contributed by atoms with E-state index in [9.17, 15) is 0 Å². The number of nitrogens with one attached hydrogen (secondary N) is 1. The summed E-state index contributed by atoms with van der Waals surface area (Å²) in [6.07, 6.45) is 22.3. The number of rotatable bonds is 16. The van der Waals surface area contributed by atoms with Gasteiger partial charge in [-0.1, -0.05) is 102 Å². The summed E-state index contributed by atoms with van der Waals surface area (Å²) in [6.45, 7) is 12.6. The van der Waals surface area contributed by atoms with Crippen LogP contribution in [0.25, 0.3) is 0 Å². The molecule has 0 aromatic rings. The summed E-state index contributed by atoms with van der Waals surface area (Å²) in [5.74, 6) is 0. The fraction of sp³-hybridized carbons (Fsp3) is 0.846. The molecule has 1 aliphatic rings. The Labute approximate surface area is 171 Å². The van der Waals surface area contributed by atoms with E-state index in [1.54, 1.807) is 5.57 Å². The summed E-state index contributed by atoms with van der Waals surface area (Å²) < 4.78 is 0. The van der Waals surface area contributed by atoms with Gasteiger partial charge in [0.1, 0.15) is 0 Å². The lowest BCUT2D eigenvalue weighted by Gasteiger charge is -2.35. The summed E-state index contributed by atoms with van der Waals surface area (Å²) in [5.41, 5.74) is 5.01. The Morgan fingerprint density at radius 3 is 1.70 bits per heavy atom. The molecule has 0 aromatic carbocycles. The lowest BCUT2D eigenvalue weighted by molar-refractivity contribution is 0.372. The average molecular weight is 376 g/mol. The SMILES string of the molecule is C=C1CCC(C)(C)C(CCCCCCCCCCCCCCCNC)=C1C. The van der Waals surface area contributed by atoms with Crippen LogP contribution in [0.4, 0.5) is 0 Å². The molecule has 0 saturated carbocycles. The Kier molecular flexibility index (Phi) is 13.1. The first-order chi connectivity index (χ1) is 13.0. The van der Waals surface area contributed by atoms with Crippen molar-refractivity contribution in [3.8, 4) is 0 Å². The van der Waals surface area contributed by atoms with Crippen LogP contribution >= 0.6 is 0 Å². The summed E-state index contributed by atoms with van der Waals surface area (Å²) in [5, 5.41) is 3.23. The van der Waals surface area contributed by atoms with Crippen LogP contribution in [0.15, 0.2) is 23.3 Å². The van der Waals surface area contributed by atoms with Gasteiger partial charge in [0.2, 0.25) is 0 Å². The quantitative estimate of drug-likeness (QED) is 0.267. The molecule has 1 N–H and O–H groups in total.